The van der Waals surface area contributed by atoms with Crippen LogP contribution in [0.25, 0.3) is 22.8 Å². The molecule has 1 aromatic heterocycles. The van der Waals surface area contributed by atoms with Gasteiger partial charge in [-0.15, -0.1) is 0 Å². The Hall–Kier alpha value is -2.87. The molecule has 0 radical (unpaired) electrons. The Labute approximate surface area is 163 Å². The lowest BCUT2D eigenvalue weighted by Gasteiger charge is -2.12. The normalized spacial score (nSPS) is 11.5. The van der Waals surface area contributed by atoms with E-state index in [-0.39, 0.29) is 17.2 Å². The van der Waals surface area contributed by atoms with E-state index in [1.807, 2.05) is 6.92 Å². The molecule has 0 saturated carbocycles. The molecular formula is C19H15ClF3N3O2. The lowest BCUT2D eigenvalue weighted by molar-refractivity contribution is -0.137. The Balaban J connectivity index is 2.07. The van der Waals surface area contributed by atoms with E-state index in [0.29, 0.717) is 22.9 Å². The average Bonchev–Trinajstić information content (AvgIpc) is 2.65. The van der Waals surface area contributed by atoms with E-state index >= 15 is 0 Å². The summed E-state index contributed by atoms with van der Waals surface area (Å²) in [5.41, 5.74) is -0.863. The Morgan fingerprint density at radius 2 is 1.82 bits per heavy atom. The molecule has 0 aliphatic heterocycles. The van der Waals surface area contributed by atoms with E-state index in [2.05, 4.69) is 15.0 Å². The van der Waals surface area contributed by atoms with Crippen LogP contribution in [0.2, 0.25) is 5.02 Å². The second kappa shape index (κ2) is 8.02. The van der Waals surface area contributed by atoms with Gasteiger partial charge in [0.2, 0.25) is 0 Å². The number of alkyl halides is 3. The van der Waals surface area contributed by atoms with Crippen molar-refractivity contribution >= 4 is 11.6 Å². The van der Waals surface area contributed by atoms with Crippen LogP contribution in [0.15, 0.2) is 47.3 Å². The van der Waals surface area contributed by atoms with Crippen molar-refractivity contribution in [1.29, 1.82) is 0 Å². The number of hydrogen-bond acceptors (Lipinski definition) is 4. The minimum atomic E-state index is -4.46. The zero-order valence-electron chi connectivity index (χ0n) is 14.7. The quantitative estimate of drug-likeness (QED) is 0.646. The summed E-state index contributed by atoms with van der Waals surface area (Å²) in [6.07, 6.45) is -3.69. The summed E-state index contributed by atoms with van der Waals surface area (Å²) in [5, 5.41) is 0.307. The number of ether oxygens (including phenoxy) is 1. The average molecular weight is 410 g/mol. The first-order valence-corrected chi connectivity index (χ1v) is 8.75. The number of H-pyrrole nitrogens is 1. The summed E-state index contributed by atoms with van der Waals surface area (Å²) in [7, 11) is 0. The number of nitrogens with one attached hydrogen (secondary N) is 1. The van der Waals surface area contributed by atoms with Crippen LogP contribution in [-0.4, -0.2) is 21.6 Å². The Kier molecular flexibility index (Phi) is 5.69. The summed E-state index contributed by atoms with van der Waals surface area (Å²) in [6, 6.07) is 9.25. The van der Waals surface area contributed by atoms with E-state index in [9.17, 15) is 18.0 Å². The van der Waals surface area contributed by atoms with Gasteiger partial charge in [0.25, 0.3) is 0 Å². The SMILES string of the molecule is CCCOc1cccc(Cl)c1-c1nc(-c2ccc(C(F)(F)F)cc2)nc(=O)[nH]1. The molecule has 1 N–H and O–H groups in total. The number of hydrogen-bond donors (Lipinski definition) is 1. The lowest BCUT2D eigenvalue weighted by Crippen LogP contribution is -2.15. The van der Waals surface area contributed by atoms with Gasteiger partial charge in [-0.3, -0.25) is 4.98 Å². The fraction of sp³-hybridized carbons (Fsp3) is 0.211. The highest BCUT2D eigenvalue weighted by molar-refractivity contribution is 6.33. The first kappa shape index (κ1) is 19.9. The molecule has 28 heavy (non-hydrogen) atoms. The van der Waals surface area contributed by atoms with Crippen LogP contribution in [0, 0.1) is 0 Å². The van der Waals surface area contributed by atoms with Crippen LogP contribution < -0.4 is 10.4 Å². The molecule has 146 valence electrons. The van der Waals surface area contributed by atoms with Gasteiger partial charge < -0.3 is 4.74 Å². The van der Waals surface area contributed by atoms with Gasteiger partial charge in [0.05, 0.1) is 22.8 Å². The zero-order valence-corrected chi connectivity index (χ0v) is 15.4. The van der Waals surface area contributed by atoms with Crippen LogP contribution >= 0.6 is 11.6 Å². The maximum atomic E-state index is 12.7. The van der Waals surface area contributed by atoms with E-state index < -0.39 is 17.4 Å². The van der Waals surface area contributed by atoms with Crippen molar-refractivity contribution in [3.8, 4) is 28.5 Å². The fourth-order valence-electron chi connectivity index (χ4n) is 2.51. The molecule has 0 amide bonds. The highest BCUT2D eigenvalue weighted by Crippen LogP contribution is 2.35. The predicted molar refractivity (Wildman–Crippen MR) is 99.3 cm³/mol. The van der Waals surface area contributed by atoms with E-state index in [0.717, 1.165) is 18.6 Å². The Morgan fingerprint density at radius 1 is 1.11 bits per heavy atom. The van der Waals surface area contributed by atoms with Gasteiger partial charge in [0.15, 0.2) is 5.82 Å². The molecule has 0 aliphatic rings. The van der Waals surface area contributed by atoms with Crippen molar-refractivity contribution in [2.24, 2.45) is 0 Å². The van der Waals surface area contributed by atoms with Gasteiger partial charge >= 0.3 is 11.9 Å². The molecule has 0 bridgehead atoms. The molecule has 0 saturated heterocycles. The van der Waals surface area contributed by atoms with Crippen molar-refractivity contribution in [3.63, 3.8) is 0 Å². The topological polar surface area (TPSA) is 67.9 Å². The summed E-state index contributed by atoms with van der Waals surface area (Å²) >= 11 is 6.28. The largest absolute Gasteiger partial charge is 0.493 e. The smallest absolute Gasteiger partial charge is 0.416 e. The maximum Gasteiger partial charge on any atom is 0.416 e. The fourth-order valence-corrected chi connectivity index (χ4v) is 2.76. The van der Waals surface area contributed by atoms with Crippen molar-refractivity contribution in [2.45, 2.75) is 19.5 Å². The molecule has 0 aliphatic carbocycles. The number of halogens is 4. The number of benzene rings is 2. The second-order valence-corrected chi connectivity index (χ2v) is 6.27. The molecule has 1 heterocycles. The van der Waals surface area contributed by atoms with E-state index in [4.69, 9.17) is 16.3 Å². The highest BCUT2D eigenvalue weighted by Gasteiger charge is 2.30. The molecule has 0 atom stereocenters. The van der Waals surface area contributed by atoms with Crippen molar-refractivity contribution in [3.05, 3.63) is 63.5 Å². The maximum absolute atomic E-state index is 12.7. The third-order valence-electron chi connectivity index (χ3n) is 3.79. The number of rotatable bonds is 5. The van der Waals surface area contributed by atoms with Gasteiger partial charge in [0.1, 0.15) is 11.6 Å². The van der Waals surface area contributed by atoms with Crippen LogP contribution in [0.1, 0.15) is 18.9 Å². The summed E-state index contributed by atoms with van der Waals surface area (Å²) in [6.45, 7) is 2.38. The van der Waals surface area contributed by atoms with Crippen molar-refractivity contribution < 1.29 is 17.9 Å². The molecule has 5 nitrogen and oxygen atoms in total. The number of aromatic amines is 1. The minimum Gasteiger partial charge on any atom is -0.493 e. The summed E-state index contributed by atoms with van der Waals surface area (Å²) in [5.74, 6) is 0.530. The van der Waals surface area contributed by atoms with Crippen LogP contribution in [-0.2, 0) is 6.18 Å². The van der Waals surface area contributed by atoms with Crippen molar-refractivity contribution in [1.82, 2.24) is 15.0 Å². The lowest BCUT2D eigenvalue weighted by atomic mass is 10.1. The third-order valence-corrected chi connectivity index (χ3v) is 4.11. The van der Waals surface area contributed by atoms with Crippen LogP contribution in [0.3, 0.4) is 0 Å². The Bertz CT molecular complexity index is 1030. The molecular weight excluding hydrogens is 395 g/mol. The molecule has 3 rings (SSSR count). The number of nitrogens with zero attached hydrogens (tertiary/aromatic N) is 2. The van der Waals surface area contributed by atoms with E-state index in [1.165, 1.54) is 12.1 Å². The van der Waals surface area contributed by atoms with Gasteiger partial charge in [-0.25, -0.2) is 9.78 Å². The van der Waals surface area contributed by atoms with Gasteiger partial charge in [-0.2, -0.15) is 18.2 Å². The van der Waals surface area contributed by atoms with Crippen LogP contribution in [0.4, 0.5) is 13.2 Å². The minimum absolute atomic E-state index is 0.0196. The zero-order chi connectivity index (χ0) is 20.3. The first-order valence-electron chi connectivity index (χ1n) is 8.37. The standard InChI is InChI=1S/C19H15ClF3N3O2/c1-2-10-28-14-5-3-4-13(20)15(14)17-24-16(25-18(27)26-17)11-6-8-12(9-7-11)19(21,22)23/h3-9H,2,10H2,1H3,(H,24,25,26,27). The predicted octanol–water partition coefficient (Wildman–Crippen LogP) is 4.96. The number of aromatic nitrogens is 3. The third kappa shape index (κ3) is 4.33. The van der Waals surface area contributed by atoms with E-state index in [1.54, 1.807) is 18.2 Å². The molecule has 9 heteroatoms. The molecule has 0 spiro atoms. The highest BCUT2D eigenvalue weighted by atomic mass is 35.5. The van der Waals surface area contributed by atoms with Gasteiger partial charge in [-0.1, -0.05) is 36.7 Å². The van der Waals surface area contributed by atoms with Crippen LogP contribution in [0.5, 0.6) is 5.75 Å². The molecule has 2 aromatic carbocycles. The first-order chi connectivity index (χ1) is 13.3. The second-order valence-electron chi connectivity index (χ2n) is 5.86. The van der Waals surface area contributed by atoms with Gasteiger partial charge in [0, 0.05) is 5.56 Å². The van der Waals surface area contributed by atoms with Gasteiger partial charge in [-0.05, 0) is 30.7 Å². The monoisotopic (exact) mass is 409 g/mol. The molecule has 0 fully saturated rings. The molecule has 0 unspecified atom stereocenters. The summed E-state index contributed by atoms with van der Waals surface area (Å²) in [4.78, 5) is 22.6. The Morgan fingerprint density at radius 3 is 2.46 bits per heavy atom. The van der Waals surface area contributed by atoms with Crippen molar-refractivity contribution in [2.75, 3.05) is 6.61 Å². The molecule has 3 aromatic rings. The summed E-state index contributed by atoms with van der Waals surface area (Å²) < 4.78 is 43.9.